The summed E-state index contributed by atoms with van der Waals surface area (Å²) in [6.45, 7) is 5.23. The van der Waals surface area contributed by atoms with Crippen molar-refractivity contribution in [2.45, 2.75) is 25.7 Å². The van der Waals surface area contributed by atoms with Crippen LogP contribution in [-0.2, 0) is 5.41 Å². The van der Waals surface area contributed by atoms with E-state index < -0.39 is 0 Å². The Morgan fingerprint density at radius 1 is 1.40 bits per heavy atom. The quantitative estimate of drug-likeness (QED) is 0.825. The SMILES string of the molecule is CCC(C)(CN)c1cccc2c1OCO2. The summed E-state index contributed by atoms with van der Waals surface area (Å²) in [5.74, 6) is 1.70. The van der Waals surface area contributed by atoms with Crippen molar-refractivity contribution in [1.82, 2.24) is 0 Å². The van der Waals surface area contributed by atoms with Gasteiger partial charge in [0.2, 0.25) is 6.79 Å². The van der Waals surface area contributed by atoms with E-state index in [9.17, 15) is 0 Å². The summed E-state index contributed by atoms with van der Waals surface area (Å²) in [6, 6.07) is 5.99. The lowest BCUT2D eigenvalue weighted by atomic mass is 9.79. The molecule has 0 fully saturated rings. The van der Waals surface area contributed by atoms with Crippen molar-refractivity contribution in [3.05, 3.63) is 23.8 Å². The Kier molecular flexibility index (Phi) is 2.57. The smallest absolute Gasteiger partial charge is 0.231 e. The molecule has 1 atom stereocenters. The Balaban J connectivity index is 2.48. The third-order valence-electron chi connectivity index (χ3n) is 3.28. The highest BCUT2D eigenvalue weighted by Crippen LogP contribution is 2.42. The maximum atomic E-state index is 5.85. The van der Waals surface area contributed by atoms with Crippen LogP contribution < -0.4 is 15.2 Å². The second-order valence-corrected chi connectivity index (χ2v) is 4.16. The molecule has 2 N–H and O–H groups in total. The molecule has 3 heteroatoms. The number of hydrogen-bond donors (Lipinski definition) is 1. The molecule has 0 radical (unpaired) electrons. The predicted octanol–water partition coefficient (Wildman–Crippen LogP) is 2.04. The number of para-hydroxylation sites is 1. The van der Waals surface area contributed by atoms with E-state index in [0.717, 1.165) is 23.5 Å². The lowest BCUT2D eigenvalue weighted by molar-refractivity contribution is 0.172. The molecule has 1 aromatic carbocycles. The largest absolute Gasteiger partial charge is 0.454 e. The number of ether oxygens (including phenoxy) is 2. The zero-order valence-electron chi connectivity index (χ0n) is 9.25. The molecule has 0 saturated heterocycles. The summed E-state index contributed by atoms with van der Waals surface area (Å²) < 4.78 is 10.9. The van der Waals surface area contributed by atoms with Crippen LogP contribution in [0.3, 0.4) is 0 Å². The lowest BCUT2D eigenvalue weighted by Crippen LogP contribution is -2.31. The summed E-state index contributed by atoms with van der Waals surface area (Å²) in [4.78, 5) is 0. The maximum Gasteiger partial charge on any atom is 0.231 e. The first-order chi connectivity index (χ1) is 7.21. The topological polar surface area (TPSA) is 44.5 Å². The lowest BCUT2D eigenvalue weighted by Gasteiger charge is -2.27. The second kappa shape index (κ2) is 3.74. The van der Waals surface area contributed by atoms with Crippen LogP contribution in [-0.4, -0.2) is 13.3 Å². The van der Waals surface area contributed by atoms with E-state index in [4.69, 9.17) is 15.2 Å². The first-order valence-corrected chi connectivity index (χ1v) is 5.30. The molecule has 3 nitrogen and oxygen atoms in total. The number of nitrogens with two attached hydrogens (primary N) is 1. The molecule has 0 amide bonds. The Bertz CT molecular complexity index is 359. The van der Waals surface area contributed by atoms with Crippen LogP contribution in [0.4, 0.5) is 0 Å². The molecular weight excluding hydrogens is 190 g/mol. The maximum absolute atomic E-state index is 5.85. The van der Waals surface area contributed by atoms with E-state index in [-0.39, 0.29) is 5.41 Å². The molecule has 1 unspecified atom stereocenters. The van der Waals surface area contributed by atoms with Crippen molar-refractivity contribution >= 4 is 0 Å². The summed E-state index contributed by atoms with van der Waals surface area (Å²) in [6.07, 6.45) is 0.989. The zero-order valence-corrected chi connectivity index (χ0v) is 9.25. The van der Waals surface area contributed by atoms with Crippen molar-refractivity contribution in [3.63, 3.8) is 0 Å². The van der Waals surface area contributed by atoms with E-state index >= 15 is 0 Å². The Hall–Kier alpha value is -1.22. The Labute approximate surface area is 90.2 Å². The molecule has 1 aliphatic rings. The molecule has 1 heterocycles. The number of benzene rings is 1. The minimum absolute atomic E-state index is 0.0287. The van der Waals surface area contributed by atoms with Crippen molar-refractivity contribution < 1.29 is 9.47 Å². The van der Waals surface area contributed by atoms with E-state index in [0.29, 0.717) is 13.3 Å². The van der Waals surface area contributed by atoms with Gasteiger partial charge in [0.25, 0.3) is 0 Å². The summed E-state index contributed by atoms with van der Waals surface area (Å²) in [5, 5.41) is 0. The van der Waals surface area contributed by atoms with Crippen LogP contribution >= 0.6 is 0 Å². The molecule has 1 aliphatic heterocycles. The molecule has 2 rings (SSSR count). The summed E-state index contributed by atoms with van der Waals surface area (Å²) in [5.41, 5.74) is 6.97. The van der Waals surface area contributed by atoms with E-state index in [1.54, 1.807) is 0 Å². The average molecular weight is 207 g/mol. The minimum atomic E-state index is -0.0287. The van der Waals surface area contributed by atoms with Gasteiger partial charge in [-0.3, -0.25) is 0 Å². The van der Waals surface area contributed by atoms with E-state index in [2.05, 4.69) is 19.9 Å². The monoisotopic (exact) mass is 207 g/mol. The third-order valence-corrected chi connectivity index (χ3v) is 3.28. The first kappa shape index (κ1) is 10.3. The molecule has 0 aliphatic carbocycles. The number of fused-ring (bicyclic) bond motifs is 1. The molecule has 0 saturated carbocycles. The second-order valence-electron chi connectivity index (χ2n) is 4.16. The molecule has 0 bridgehead atoms. The summed E-state index contributed by atoms with van der Waals surface area (Å²) in [7, 11) is 0. The predicted molar refractivity (Wildman–Crippen MR) is 59.3 cm³/mol. The highest BCUT2D eigenvalue weighted by atomic mass is 16.7. The van der Waals surface area contributed by atoms with Crippen LogP contribution in [0.15, 0.2) is 18.2 Å². The Morgan fingerprint density at radius 3 is 2.87 bits per heavy atom. The first-order valence-electron chi connectivity index (χ1n) is 5.30. The van der Waals surface area contributed by atoms with Crippen LogP contribution in [0.5, 0.6) is 11.5 Å². The van der Waals surface area contributed by atoms with Gasteiger partial charge in [-0.25, -0.2) is 0 Å². The van der Waals surface area contributed by atoms with Crippen molar-refractivity contribution in [2.24, 2.45) is 5.73 Å². The van der Waals surface area contributed by atoms with Crippen LogP contribution in [0.25, 0.3) is 0 Å². The van der Waals surface area contributed by atoms with Gasteiger partial charge in [-0.1, -0.05) is 26.0 Å². The fraction of sp³-hybridized carbons (Fsp3) is 0.500. The normalized spacial score (nSPS) is 17.5. The molecule has 82 valence electrons. The van der Waals surface area contributed by atoms with Crippen LogP contribution in [0.2, 0.25) is 0 Å². The molecular formula is C12H17NO2. The molecule has 15 heavy (non-hydrogen) atoms. The van der Waals surface area contributed by atoms with Gasteiger partial charge in [0.15, 0.2) is 11.5 Å². The van der Waals surface area contributed by atoms with E-state index in [1.165, 1.54) is 0 Å². The minimum Gasteiger partial charge on any atom is -0.454 e. The van der Waals surface area contributed by atoms with Gasteiger partial charge in [-0.05, 0) is 12.5 Å². The third kappa shape index (κ3) is 1.57. The van der Waals surface area contributed by atoms with Crippen molar-refractivity contribution in [3.8, 4) is 11.5 Å². The van der Waals surface area contributed by atoms with E-state index in [1.807, 2.05) is 12.1 Å². The van der Waals surface area contributed by atoms with Gasteiger partial charge in [-0.2, -0.15) is 0 Å². The highest BCUT2D eigenvalue weighted by molar-refractivity contribution is 5.51. The highest BCUT2D eigenvalue weighted by Gasteiger charge is 2.30. The zero-order chi connectivity index (χ0) is 10.9. The van der Waals surface area contributed by atoms with Gasteiger partial charge >= 0.3 is 0 Å². The molecule has 0 aromatic heterocycles. The number of rotatable bonds is 3. The van der Waals surface area contributed by atoms with Gasteiger partial charge in [-0.15, -0.1) is 0 Å². The molecule has 0 spiro atoms. The van der Waals surface area contributed by atoms with Crippen LogP contribution in [0.1, 0.15) is 25.8 Å². The Morgan fingerprint density at radius 2 is 2.20 bits per heavy atom. The van der Waals surface area contributed by atoms with Gasteiger partial charge in [0.05, 0.1) is 0 Å². The van der Waals surface area contributed by atoms with Gasteiger partial charge in [0, 0.05) is 17.5 Å². The number of hydrogen-bond acceptors (Lipinski definition) is 3. The fourth-order valence-corrected chi connectivity index (χ4v) is 1.85. The summed E-state index contributed by atoms with van der Waals surface area (Å²) >= 11 is 0. The van der Waals surface area contributed by atoms with Crippen molar-refractivity contribution in [1.29, 1.82) is 0 Å². The standard InChI is InChI=1S/C12H17NO2/c1-3-12(2,7-13)9-5-4-6-10-11(9)15-8-14-10/h4-6H,3,7-8,13H2,1-2H3. The molecule has 1 aromatic rings. The van der Waals surface area contributed by atoms with Crippen molar-refractivity contribution in [2.75, 3.05) is 13.3 Å². The fourth-order valence-electron chi connectivity index (χ4n) is 1.85. The van der Waals surface area contributed by atoms with Crippen LogP contribution in [0, 0.1) is 0 Å². The average Bonchev–Trinajstić information content (AvgIpc) is 2.75. The van der Waals surface area contributed by atoms with Gasteiger partial charge < -0.3 is 15.2 Å². The van der Waals surface area contributed by atoms with Gasteiger partial charge in [0.1, 0.15) is 0 Å².